The number of fused-ring (bicyclic) bond motifs is 1. The number of ether oxygens (including phenoxy) is 1. The van der Waals surface area contributed by atoms with Gasteiger partial charge in [0.2, 0.25) is 0 Å². The highest BCUT2D eigenvalue weighted by Crippen LogP contribution is 2.60. The van der Waals surface area contributed by atoms with E-state index in [0.717, 1.165) is 19.3 Å². The van der Waals surface area contributed by atoms with E-state index in [1.807, 2.05) is 18.2 Å². The van der Waals surface area contributed by atoms with Crippen LogP contribution < -0.4 is 0 Å². The first-order chi connectivity index (χ1) is 14.4. The lowest BCUT2D eigenvalue weighted by atomic mass is 9.54. The summed E-state index contributed by atoms with van der Waals surface area (Å²) in [6.07, 6.45) is 6.69. The van der Waals surface area contributed by atoms with Crippen molar-refractivity contribution >= 4 is 17.6 Å². The zero-order valence-electron chi connectivity index (χ0n) is 17.4. The fourth-order valence-electron chi connectivity index (χ4n) is 5.11. The summed E-state index contributed by atoms with van der Waals surface area (Å²) in [4.78, 5) is 13.0. The molecule has 0 aliphatic heterocycles. The van der Waals surface area contributed by atoms with Gasteiger partial charge in [-0.1, -0.05) is 81.0 Å². The van der Waals surface area contributed by atoms with Crippen molar-refractivity contribution in [2.45, 2.75) is 63.1 Å². The Morgan fingerprint density at radius 3 is 2.43 bits per heavy atom. The van der Waals surface area contributed by atoms with Crippen LogP contribution in [0.5, 0.6) is 0 Å². The Kier molecular flexibility index (Phi) is 5.93. The fourth-order valence-corrected chi connectivity index (χ4v) is 5.28. The first kappa shape index (κ1) is 21.4. The third-order valence-corrected chi connectivity index (χ3v) is 6.89. The molecular formula is C25H29ClO4. The summed E-state index contributed by atoms with van der Waals surface area (Å²) in [6, 6.07) is 12.3. The third kappa shape index (κ3) is 3.35. The van der Waals surface area contributed by atoms with E-state index in [0.29, 0.717) is 33.9 Å². The number of aliphatic hydroxyl groups is 2. The summed E-state index contributed by atoms with van der Waals surface area (Å²) >= 11 is 6.19. The van der Waals surface area contributed by atoms with E-state index < -0.39 is 23.1 Å². The number of hydrogen-bond donors (Lipinski definition) is 2. The summed E-state index contributed by atoms with van der Waals surface area (Å²) in [7, 11) is 0. The van der Waals surface area contributed by atoms with Crippen LogP contribution in [0, 0.1) is 5.92 Å². The molecule has 2 aromatic rings. The Morgan fingerprint density at radius 2 is 1.67 bits per heavy atom. The summed E-state index contributed by atoms with van der Waals surface area (Å²) < 4.78 is 5.57. The number of unbranched alkanes of at least 4 members (excludes halogenated alkanes) is 5. The average Bonchev–Trinajstić information content (AvgIpc) is 2.75. The number of rotatable bonds is 8. The lowest BCUT2D eigenvalue weighted by Crippen LogP contribution is -2.57. The lowest BCUT2D eigenvalue weighted by molar-refractivity contribution is -0.167. The van der Waals surface area contributed by atoms with Gasteiger partial charge >= 0.3 is 5.97 Å². The number of carbonyl (C=O) groups is 1. The van der Waals surface area contributed by atoms with Crippen molar-refractivity contribution in [2.75, 3.05) is 6.61 Å². The van der Waals surface area contributed by atoms with Gasteiger partial charge in [0.15, 0.2) is 0 Å². The van der Waals surface area contributed by atoms with Gasteiger partial charge in [0, 0.05) is 11.4 Å². The molecule has 3 unspecified atom stereocenters. The van der Waals surface area contributed by atoms with Gasteiger partial charge in [-0.2, -0.15) is 0 Å². The van der Waals surface area contributed by atoms with E-state index in [1.165, 1.54) is 19.3 Å². The van der Waals surface area contributed by atoms with Gasteiger partial charge in [0.25, 0.3) is 0 Å². The quantitative estimate of drug-likeness (QED) is 0.456. The largest absolute Gasteiger partial charge is 0.465 e. The number of carbonyl (C=O) groups excluding carboxylic acids is 1. The van der Waals surface area contributed by atoms with Crippen LogP contribution in [0.1, 0.15) is 74.1 Å². The van der Waals surface area contributed by atoms with E-state index in [4.69, 9.17) is 16.3 Å². The van der Waals surface area contributed by atoms with Gasteiger partial charge in [-0.3, -0.25) is 4.79 Å². The molecule has 2 bridgehead atoms. The molecule has 160 valence electrons. The maximum Gasteiger partial charge on any atom is 0.312 e. The predicted molar refractivity (Wildman–Crippen MR) is 116 cm³/mol. The molecule has 2 aromatic carbocycles. The van der Waals surface area contributed by atoms with Gasteiger partial charge < -0.3 is 14.9 Å². The average molecular weight is 429 g/mol. The second-order valence-electron chi connectivity index (χ2n) is 8.55. The molecule has 0 saturated carbocycles. The first-order valence-electron chi connectivity index (χ1n) is 10.9. The molecule has 0 amide bonds. The molecule has 5 heteroatoms. The lowest BCUT2D eigenvalue weighted by Gasteiger charge is -2.53. The first-order valence-corrected chi connectivity index (χ1v) is 11.3. The van der Waals surface area contributed by atoms with Crippen molar-refractivity contribution < 1.29 is 19.7 Å². The molecule has 30 heavy (non-hydrogen) atoms. The molecule has 0 heterocycles. The molecule has 3 atom stereocenters. The number of esters is 1. The second-order valence-corrected chi connectivity index (χ2v) is 8.99. The van der Waals surface area contributed by atoms with Crippen molar-refractivity contribution in [1.82, 2.24) is 0 Å². The van der Waals surface area contributed by atoms with Gasteiger partial charge in [-0.25, -0.2) is 0 Å². The maximum atomic E-state index is 13.0. The van der Waals surface area contributed by atoms with Crippen molar-refractivity contribution in [2.24, 2.45) is 5.92 Å². The normalized spacial score (nSPS) is 26.2. The molecule has 3 aliphatic carbocycles. The van der Waals surface area contributed by atoms with Crippen molar-refractivity contribution in [3.05, 3.63) is 69.7 Å². The van der Waals surface area contributed by atoms with Crippen LogP contribution in [0.15, 0.2) is 42.5 Å². The van der Waals surface area contributed by atoms with Crippen LogP contribution in [0.4, 0.5) is 0 Å². The summed E-state index contributed by atoms with van der Waals surface area (Å²) in [5.74, 6) is -1.33. The highest BCUT2D eigenvalue weighted by Gasteiger charge is 2.62. The van der Waals surface area contributed by atoms with E-state index in [1.54, 1.807) is 24.3 Å². The highest BCUT2D eigenvalue weighted by atomic mass is 35.5. The molecule has 2 N–H and O–H groups in total. The van der Waals surface area contributed by atoms with Crippen molar-refractivity contribution in [1.29, 1.82) is 0 Å². The molecular weight excluding hydrogens is 400 g/mol. The van der Waals surface area contributed by atoms with Crippen LogP contribution in [-0.2, 0) is 20.7 Å². The van der Waals surface area contributed by atoms with Gasteiger partial charge in [-0.15, -0.1) is 0 Å². The standard InChI is InChI=1S/C25H29ClO4/c1-2-3-4-5-6-9-14-30-23(27)22-16-24(28)18-10-7-8-11-19(18)25(22,29)20-13-12-17(26)15-21(20)24/h7-8,10-13,15,22,28-29H,2-6,9,14,16H2,1H3. The Morgan fingerprint density at radius 1 is 1.00 bits per heavy atom. The Hall–Kier alpha value is -1.88. The minimum Gasteiger partial charge on any atom is -0.465 e. The monoisotopic (exact) mass is 428 g/mol. The third-order valence-electron chi connectivity index (χ3n) is 6.65. The minimum absolute atomic E-state index is 0.0726. The van der Waals surface area contributed by atoms with Crippen molar-refractivity contribution in [3.63, 3.8) is 0 Å². The second kappa shape index (κ2) is 8.33. The van der Waals surface area contributed by atoms with E-state index in [2.05, 4.69) is 6.92 Å². The number of hydrogen-bond acceptors (Lipinski definition) is 4. The molecule has 4 nitrogen and oxygen atoms in total. The number of benzene rings is 2. The summed E-state index contributed by atoms with van der Waals surface area (Å²) in [5, 5.41) is 24.1. The molecule has 0 fully saturated rings. The van der Waals surface area contributed by atoms with Gasteiger partial charge in [0.1, 0.15) is 11.2 Å². The molecule has 3 aliphatic rings. The summed E-state index contributed by atoms with van der Waals surface area (Å²) in [6.45, 7) is 2.52. The number of halogens is 1. The predicted octanol–water partition coefficient (Wildman–Crippen LogP) is 5.05. The minimum atomic E-state index is -1.54. The Bertz CT molecular complexity index is 942. The summed E-state index contributed by atoms with van der Waals surface area (Å²) in [5.41, 5.74) is -0.640. The van der Waals surface area contributed by atoms with Crippen molar-refractivity contribution in [3.8, 4) is 0 Å². The SMILES string of the molecule is CCCCCCCCOC(=O)C1CC2(O)c3ccccc3C1(O)c1ccc(Cl)cc12. The molecule has 0 radical (unpaired) electrons. The smallest absolute Gasteiger partial charge is 0.312 e. The van der Waals surface area contributed by atoms with Gasteiger partial charge in [0.05, 0.1) is 12.5 Å². The van der Waals surface area contributed by atoms with Crippen LogP contribution in [0.3, 0.4) is 0 Å². The van der Waals surface area contributed by atoms with Crippen LogP contribution in [0.2, 0.25) is 5.02 Å². The molecule has 5 rings (SSSR count). The maximum absolute atomic E-state index is 13.0. The van der Waals surface area contributed by atoms with E-state index >= 15 is 0 Å². The molecule has 0 saturated heterocycles. The molecule has 0 spiro atoms. The Balaban J connectivity index is 1.58. The van der Waals surface area contributed by atoms with Gasteiger partial charge in [-0.05, 0) is 40.8 Å². The van der Waals surface area contributed by atoms with Crippen LogP contribution in [0.25, 0.3) is 0 Å². The topological polar surface area (TPSA) is 66.8 Å². The van der Waals surface area contributed by atoms with Crippen LogP contribution >= 0.6 is 11.6 Å². The van der Waals surface area contributed by atoms with Crippen LogP contribution in [-0.4, -0.2) is 22.8 Å². The molecule has 0 aromatic heterocycles. The zero-order chi connectivity index (χ0) is 21.4. The van der Waals surface area contributed by atoms with E-state index in [-0.39, 0.29) is 6.42 Å². The fraction of sp³-hybridized carbons (Fsp3) is 0.480. The zero-order valence-corrected chi connectivity index (χ0v) is 18.1. The van der Waals surface area contributed by atoms with E-state index in [9.17, 15) is 15.0 Å². The Labute approximate surface area is 182 Å². The highest BCUT2D eigenvalue weighted by molar-refractivity contribution is 6.30.